The van der Waals surface area contributed by atoms with Gasteiger partial charge in [-0.15, -0.1) is 0 Å². The molecule has 0 amide bonds. The molecule has 4 nitrogen and oxygen atoms in total. The average Bonchev–Trinajstić information content (AvgIpc) is 2.24. The van der Waals surface area contributed by atoms with Crippen molar-refractivity contribution in [2.45, 2.75) is 26.3 Å². The molecule has 0 radical (unpaired) electrons. The highest BCUT2D eigenvalue weighted by Gasteiger charge is 2.05. The Morgan fingerprint density at radius 3 is 2.35 bits per heavy atom. The molecule has 0 fully saturated rings. The van der Waals surface area contributed by atoms with E-state index in [1.165, 1.54) is 0 Å². The summed E-state index contributed by atoms with van der Waals surface area (Å²) in [6, 6.07) is 6.71. The van der Waals surface area contributed by atoms with Crippen molar-refractivity contribution in [1.82, 2.24) is 5.32 Å². The summed E-state index contributed by atoms with van der Waals surface area (Å²) in [5.41, 5.74) is 1.33. The van der Waals surface area contributed by atoms with Crippen molar-refractivity contribution in [1.29, 1.82) is 0 Å². The van der Waals surface area contributed by atoms with E-state index in [2.05, 4.69) is 26.1 Å². The molecule has 0 bridgehead atoms. The monoisotopic (exact) mass is 235 g/mol. The Morgan fingerprint density at radius 1 is 1.29 bits per heavy atom. The van der Waals surface area contributed by atoms with Crippen LogP contribution in [0.5, 0.6) is 0 Å². The molecule has 0 unspecified atom stereocenters. The van der Waals surface area contributed by atoms with Crippen molar-refractivity contribution in [3.05, 3.63) is 41.1 Å². The number of nitrogens with one attached hydrogen (secondary N) is 1. The second-order valence-electron chi connectivity index (χ2n) is 4.90. The fourth-order valence-electron chi connectivity index (χ4n) is 1.27. The highest BCUT2D eigenvalue weighted by molar-refractivity contribution is 5.55. The first-order chi connectivity index (χ1) is 7.88. The fraction of sp³-hybridized carbons (Fsp3) is 0.385. The molecule has 1 aromatic rings. The molecule has 0 aliphatic carbocycles. The molecule has 17 heavy (non-hydrogen) atoms. The van der Waals surface area contributed by atoms with Crippen molar-refractivity contribution in [2.24, 2.45) is 0 Å². The van der Waals surface area contributed by atoms with E-state index >= 15 is 0 Å². The minimum absolute atomic E-state index is 0.105. The zero-order chi connectivity index (χ0) is 12.9. The zero-order valence-electron chi connectivity index (χ0n) is 10.5. The molecule has 0 aromatic heterocycles. The Morgan fingerprint density at radius 2 is 1.88 bits per heavy atom. The van der Waals surface area contributed by atoms with Gasteiger partial charge in [0.05, 0.1) is 5.69 Å². The van der Waals surface area contributed by atoms with Crippen LogP contribution in [0.4, 0.5) is 5.69 Å². The van der Waals surface area contributed by atoms with Gasteiger partial charge in [0.25, 0.3) is 0 Å². The lowest BCUT2D eigenvalue weighted by Crippen LogP contribution is -2.35. The molecule has 0 saturated heterocycles. The number of nitrogens with zero attached hydrogens (tertiary/aromatic N) is 1. The highest BCUT2D eigenvalue weighted by Crippen LogP contribution is 2.13. The van der Waals surface area contributed by atoms with E-state index in [1.807, 2.05) is 12.2 Å². The molecule has 0 aliphatic heterocycles. The quantitative estimate of drug-likeness (QED) is 0.788. The summed E-state index contributed by atoms with van der Waals surface area (Å²) in [4.78, 5) is 0. The lowest BCUT2D eigenvalue weighted by Gasteiger charge is -2.21. The van der Waals surface area contributed by atoms with Crippen LogP contribution in [-0.4, -0.2) is 17.3 Å². The van der Waals surface area contributed by atoms with Crippen LogP contribution in [0.1, 0.15) is 26.3 Å². The maximum absolute atomic E-state index is 10.6. The van der Waals surface area contributed by atoms with Gasteiger partial charge < -0.3 is 15.8 Å². The van der Waals surface area contributed by atoms with E-state index in [-0.39, 0.29) is 16.5 Å². The van der Waals surface area contributed by atoms with Crippen LogP contribution < -0.4 is 10.5 Å². The van der Waals surface area contributed by atoms with Crippen LogP contribution in [0.15, 0.2) is 30.3 Å². The van der Waals surface area contributed by atoms with E-state index in [4.69, 9.17) is 5.21 Å². The first kappa shape index (κ1) is 13.7. The van der Waals surface area contributed by atoms with E-state index in [0.29, 0.717) is 0 Å². The Balaban J connectivity index is 2.49. The van der Waals surface area contributed by atoms with Gasteiger partial charge in [-0.25, -0.2) is 0 Å². The van der Waals surface area contributed by atoms with Crippen LogP contribution in [0.25, 0.3) is 6.08 Å². The topological polar surface area (TPSA) is 58.6 Å². The molecular formula is C13H19N2O2-. The van der Waals surface area contributed by atoms with Gasteiger partial charge in [-0.3, -0.25) is 5.21 Å². The molecular weight excluding hydrogens is 216 g/mol. The molecule has 0 atom stereocenters. The van der Waals surface area contributed by atoms with E-state index < -0.39 is 0 Å². The second kappa shape index (κ2) is 5.82. The van der Waals surface area contributed by atoms with Gasteiger partial charge in [0.15, 0.2) is 0 Å². The van der Waals surface area contributed by atoms with E-state index in [0.717, 1.165) is 12.1 Å². The second-order valence-corrected chi connectivity index (χ2v) is 4.90. The molecule has 94 valence electrons. The number of anilines is 1. The third-order valence-electron chi connectivity index (χ3n) is 2.17. The van der Waals surface area contributed by atoms with Crippen LogP contribution in [0, 0.1) is 5.21 Å². The van der Waals surface area contributed by atoms with Gasteiger partial charge in [0.1, 0.15) is 0 Å². The van der Waals surface area contributed by atoms with Gasteiger partial charge in [0, 0.05) is 12.1 Å². The predicted octanol–water partition coefficient (Wildman–Crippen LogP) is 2.78. The standard InChI is InChI=1S/C13H19N2O2/c1-13(2,3)14-10-4-5-11-6-8-12(9-7-11)15(16)17/h4-9,14,16H,10H2,1-3H3/q-1/b5-4+. The Labute approximate surface area is 102 Å². The van der Waals surface area contributed by atoms with Crippen molar-refractivity contribution < 1.29 is 5.21 Å². The Bertz CT molecular complexity index is 364. The van der Waals surface area contributed by atoms with Gasteiger partial charge in [-0.2, -0.15) is 0 Å². The highest BCUT2D eigenvalue weighted by atomic mass is 16.8. The number of benzene rings is 1. The van der Waals surface area contributed by atoms with Crippen LogP contribution in [0.2, 0.25) is 0 Å². The van der Waals surface area contributed by atoms with Gasteiger partial charge in [-0.1, -0.05) is 24.3 Å². The van der Waals surface area contributed by atoms with Crippen molar-refractivity contribution in [2.75, 3.05) is 11.8 Å². The summed E-state index contributed by atoms with van der Waals surface area (Å²) in [6.45, 7) is 7.12. The third-order valence-corrected chi connectivity index (χ3v) is 2.17. The van der Waals surface area contributed by atoms with Gasteiger partial charge in [-0.05, 0) is 38.5 Å². The van der Waals surface area contributed by atoms with Crippen molar-refractivity contribution in [3.63, 3.8) is 0 Å². The zero-order valence-corrected chi connectivity index (χ0v) is 10.5. The first-order valence-electron chi connectivity index (χ1n) is 5.56. The largest absolute Gasteiger partial charge is 0.733 e. The predicted molar refractivity (Wildman–Crippen MR) is 70.9 cm³/mol. The molecule has 1 aromatic carbocycles. The lowest BCUT2D eigenvalue weighted by atomic mass is 10.1. The van der Waals surface area contributed by atoms with Gasteiger partial charge in [0.2, 0.25) is 0 Å². The summed E-state index contributed by atoms with van der Waals surface area (Å²) in [6.07, 6.45) is 3.99. The summed E-state index contributed by atoms with van der Waals surface area (Å²) in [5.74, 6) is 0. The minimum atomic E-state index is -0.144. The molecule has 2 N–H and O–H groups in total. The molecule has 0 saturated carbocycles. The Kier molecular flexibility index (Phi) is 4.69. The van der Waals surface area contributed by atoms with Crippen molar-refractivity contribution in [3.8, 4) is 0 Å². The van der Waals surface area contributed by atoms with E-state index in [1.54, 1.807) is 24.3 Å². The fourth-order valence-corrected chi connectivity index (χ4v) is 1.27. The van der Waals surface area contributed by atoms with Crippen LogP contribution >= 0.6 is 0 Å². The summed E-state index contributed by atoms with van der Waals surface area (Å²) < 4.78 is 0. The first-order valence-corrected chi connectivity index (χ1v) is 5.56. The van der Waals surface area contributed by atoms with Crippen molar-refractivity contribution >= 4 is 11.8 Å². The van der Waals surface area contributed by atoms with Gasteiger partial charge >= 0.3 is 0 Å². The smallest absolute Gasteiger partial charge is 0.0509 e. The lowest BCUT2D eigenvalue weighted by molar-refractivity contribution is 0.296. The third kappa shape index (κ3) is 5.49. The summed E-state index contributed by atoms with van der Waals surface area (Å²) >= 11 is 0. The number of hydrogen-bond acceptors (Lipinski definition) is 4. The minimum Gasteiger partial charge on any atom is -0.733 e. The molecule has 1 rings (SSSR count). The molecule has 4 heteroatoms. The Hall–Kier alpha value is -1.36. The average molecular weight is 235 g/mol. The normalized spacial score (nSPS) is 12.1. The maximum atomic E-state index is 10.6. The van der Waals surface area contributed by atoms with Crippen LogP contribution in [0.3, 0.4) is 0 Å². The maximum Gasteiger partial charge on any atom is 0.0509 e. The van der Waals surface area contributed by atoms with Crippen LogP contribution in [-0.2, 0) is 0 Å². The number of hydrogen-bond donors (Lipinski definition) is 2. The van der Waals surface area contributed by atoms with E-state index in [9.17, 15) is 5.21 Å². The number of rotatable bonds is 4. The summed E-state index contributed by atoms with van der Waals surface area (Å²) in [5, 5.41) is 22.4. The summed E-state index contributed by atoms with van der Waals surface area (Å²) in [7, 11) is 0. The molecule has 0 heterocycles. The SMILES string of the molecule is CC(C)(C)NC/C=C/c1ccc(N([O-])O)cc1. The molecule has 0 aliphatic rings. The molecule has 0 spiro atoms.